The van der Waals surface area contributed by atoms with Crippen molar-refractivity contribution in [3.63, 3.8) is 0 Å². The molecule has 0 nitrogen and oxygen atoms in total. The van der Waals surface area contributed by atoms with Crippen LogP contribution in [0.4, 0.5) is 21.0 Å². The summed E-state index contributed by atoms with van der Waals surface area (Å²) in [5.41, 5.74) is 0. The van der Waals surface area contributed by atoms with E-state index < -0.39 is 13.9 Å². The van der Waals surface area contributed by atoms with E-state index in [0.717, 1.165) is 0 Å². The molecule has 0 heterocycles. The maximum Gasteiger partial charge on any atom is 1.00 e. The molecule has 0 bridgehead atoms. The van der Waals surface area contributed by atoms with Gasteiger partial charge in [-0.2, -0.15) is 0 Å². The molecule has 0 N–H and O–H groups in total. The van der Waals surface area contributed by atoms with Gasteiger partial charge in [0.1, 0.15) is 0 Å². The van der Waals surface area contributed by atoms with Crippen LogP contribution in [-0.4, -0.2) is 13.9 Å². The maximum absolute atomic E-state index is 11.2. The van der Waals surface area contributed by atoms with Crippen molar-refractivity contribution in [3.05, 3.63) is 0 Å². The second kappa shape index (κ2) is 3.85. The quantitative estimate of drug-likeness (QED) is 0.308. The van der Waals surface area contributed by atoms with Crippen molar-refractivity contribution in [1.82, 2.24) is 0 Å². The third-order valence-electron chi connectivity index (χ3n) is 0. The van der Waals surface area contributed by atoms with Crippen LogP contribution in [0.5, 0.6) is 0 Å². The van der Waals surface area contributed by atoms with E-state index >= 15 is 0 Å². The minimum Gasteiger partial charge on any atom is 1.00 e. The molecule has 0 aromatic heterocycles. The molecule has 0 aliphatic carbocycles. The molecule has 0 radical (unpaired) electrons. The van der Waals surface area contributed by atoms with Gasteiger partial charge in [0.2, 0.25) is 0 Å². The van der Waals surface area contributed by atoms with Crippen molar-refractivity contribution >= 4 is 13.9 Å². The van der Waals surface area contributed by atoms with Gasteiger partial charge >= 0.3 is 151 Å². The number of rotatable bonds is 0. The summed E-state index contributed by atoms with van der Waals surface area (Å²) in [7, 11) is 0. The second-order valence-corrected chi connectivity index (χ2v) is 5.57. The molecule has 0 aliphatic rings. The van der Waals surface area contributed by atoms with Crippen molar-refractivity contribution in [1.29, 1.82) is 0 Å². The summed E-state index contributed by atoms with van der Waals surface area (Å²) < 4.78 is 59.5. The van der Waals surface area contributed by atoms with Crippen LogP contribution in [0, 0.1) is 0 Å². The first-order valence-corrected chi connectivity index (χ1v) is 5.89. The number of hydrogen-bond acceptors (Lipinski definition) is 0. The van der Waals surface area contributed by atoms with Gasteiger partial charge in [-0.15, -0.1) is 0 Å². The molecule has 0 aromatic carbocycles. The van der Waals surface area contributed by atoms with Crippen LogP contribution in [0.1, 0.15) is 0 Å². The van der Waals surface area contributed by atoms with Crippen molar-refractivity contribution in [2.24, 2.45) is 0 Å². The molecule has 48 valence electrons. The summed E-state index contributed by atoms with van der Waals surface area (Å²) >= 11 is -11.2. The van der Waals surface area contributed by atoms with Gasteiger partial charge in [-0.25, -0.2) is 0 Å². The van der Waals surface area contributed by atoms with Crippen molar-refractivity contribution in [2.75, 3.05) is 0 Å². The topological polar surface area (TPSA) is 0 Å². The Hall–Kier alpha value is 3.73. The van der Waals surface area contributed by atoms with Gasteiger partial charge in [-0.3, -0.25) is 0 Å². The van der Waals surface area contributed by atoms with Crippen molar-refractivity contribution < 1.29 is 137 Å². The third-order valence-corrected chi connectivity index (χ3v) is 0. The molecule has 0 aliphatic heterocycles. The monoisotopic (exact) mass is 358 g/mol. The van der Waals surface area contributed by atoms with E-state index in [1.54, 1.807) is 0 Å². The third kappa shape index (κ3) is 79.8. The first-order valence-electron chi connectivity index (χ1n) is 1.13. The molecule has 0 unspecified atom stereocenters. The summed E-state index contributed by atoms with van der Waals surface area (Å²) in [6, 6.07) is 0. The molecule has 0 fully saturated rings. The molecule has 0 rings (SSSR count). The first kappa shape index (κ1) is 18.5. The summed E-state index contributed by atoms with van der Waals surface area (Å²) in [5.74, 6) is 0. The number of halogens is 6. The SMILES string of the molecule is [F][Ge-2]([F])([F])([F])([F])[F].[Rb+].[Rb+]. The second-order valence-electron chi connectivity index (χ2n) is 1.07. The van der Waals surface area contributed by atoms with Crippen LogP contribution in [0.2, 0.25) is 0 Å². The van der Waals surface area contributed by atoms with Crippen LogP contribution in [-0.2, 0) is 0 Å². The van der Waals surface area contributed by atoms with Gasteiger partial charge in [0, 0.05) is 0 Å². The zero-order chi connectivity index (χ0) is 6.41. The molecule has 0 atom stereocenters. The van der Waals surface area contributed by atoms with Crippen LogP contribution < -0.4 is 116 Å². The van der Waals surface area contributed by atoms with Crippen molar-refractivity contribution in [2.45, 2.75) is 0 Å². The summed E-state index contributed by atoms with van der Waals surface area (Å²) in [5, 5.41) is 0. The van der Waals surface area contributed by atoms with Gasteiger partial charge in [0.15, 0.2) is 0 Å². The summed E-state index contributed by atoms with van der Waals surface area (Å²) in [6.07, 6.45) is 0. The van der Waals surface area contributed by atoms with Crippen LogP contribution in [0.25, 0.3) is 0 Å². The maximum atomic E-state index is 9.92. The van der Waals surface area contributed by atoms with E-state index in [9.17, 15) is 21.0 Å². The molecule has 0 spiro atoms. The van der Waals surface area contributed by atoms with Crippen LogP contribution in [0.15, 0.2) is 0 Å². The van der Waals surface area contributed by atoms with Gasteiger partial charge in [0.25, 0.3) is 0 Å². The fraction of sp³-hybridized carbons (Fsp3) is 0. The normalized spacial score (nSPS) is 18.0. The molecule has 0 saturated carbocycles. The predicted molar refractivity (Wildman–Crippen MR) is 12.4 cm³/mol. The molecule has 0 saturated heterocycles. The predicted octanol–water partition coefficient (Wildman–Crippen LogP) is -3.85. The Kier molecular flexibility index (Phi) is 7.92. The Labute approximate surface area is 146 Å². The zero-order valence-electron chi connectivity index (χ0n) is 4.77. The van der Waals surface area contributed by atoms with Crippen LogP contribution >= 0.6 is 0 Å². The van der Waals surface area contributed by atoms with E-state index in [0.29, 0.717) is 0 Å². The van der Waals surface area contributed by atoms with E-state index in [-0.39, 0.29) is 116 Å². The van der Waals surface area contributed by atoms with E-state index in [4.69, 9.17) is 0 Å². The fourth-order valence-corrected chi connectivity index (χ4v) is 0. The van der Waals surface area contributed by atoms with E-state index in [1.165, 1.54) is 0 Å². The Morgan fingerprint density at radius 1 is 0.556 bits per heavy atom. The van der Waals surface area contributed by atoms with Gasteiger partial charge < -0.3 is 0 Å². The average Bonchev–Trinajstić information content (AvgIpc) is 0.592. The Balaban J connectivity index is -0.000000180. The Bertz CT molecular complexity index is 69.6. The summed E-state index contributed by atoms with van der Waals surface area (Å²) in [6.45, 7) is 0. The molecular weight excluding hydrogens is 358 g/mol. The molecular formula is F6GeRb2. The van der Waals surface area contributed by atoms with Gasteiger partial charge in [-0.1, -0.05) is 0 Å². The molecule has 9 heteroatoms. The average molecular weight is 358 g/mol. The fourth-order valence-electron chi connectivity index (χ4n) is 0. The molecule has 9 heavy (non-hydrogen) atoms. The Morgan fingerprint density at radius 2 is 0.556 bits per heavy atom. The van der Waals surface area contributed by atoms with Crippen LogP contribution in [0.3, 0.4) is 0 Å². The standard InChI is InChI=1S/F6Ge.2Rb/c1-7(2,3,4,5)6;;/q-2;2*+1. The van der Waals surface area contributed by atoms with Gasteiger partial charge in [-0.05, 0) is 0 Å². The largest absolute Gasteiger partial charge is 1.00 e. The summed E-state index contributed by atoms with van der Waals surface area (Å²) in [4.78, 5) is 0. The number of hydrogen-bond donors (Lipinski definition) is 0. The molecule has 0 amide bonds. The molecule has 0 aromatic rings. The van der Waals surface area contributed by atoms with E-state index in [1.807, 2.05) is 0 Å². The Morgan fingerprint density at radius 3 is 0.556 bits per heavy atom. The van der Waals surface area contributed by atoms with Crippen molar-refractivity contribution in [3.8, 4) is 0 Å². The minimum atomic E-state index is -11.2. The first-order chi connectivity index (χ1) is 2.45. The van der Waals surface area contributed by atoms with E-state index in [2.05, 4.69) is 0 Å². The van der Waals surface area contributed by atoms with Gasteiger partial charge in [0.05, 0.1) is 0 Å². The smallest absolute Gasteiger partial charge is 1.00 e. The zero-order valence-corrected chi connectivity index (χ0v) is 16.7. The minimum absolute atomic E-state index is 0.